The molecule has 0 spiro atoms. The van der Waals surface area contributed by atoms with Crippen LogP contribution in [0.3, 0.4) is 0 Å². The number of aromatic nitrogens is 3. The Balaban J connectivity index is 1.73. The first kappa shape index (κ1) is 12.6. The fourth-order valence-corrected chi connectivity index (χ4v) is 2.35. The van der Waals surface area contributed by atoms with Gasteiger partial charge in [0, 0.05) is 23.2 Å². The van der Waals surface area contributed by atoms with E-state index in [1.807, 2.05) is 60.7 Å². The van der Waals surface area contributed by atoms with Crippen LogP contribution in [0.4, 0.5) is 0 Å². The van der Waals surface area contributed by atoms with Gasteiger partial charge in [-0.15, -0.1) is 0 Å². The van der Waals surface area contributed by atoms with Gasteiger partial charge in [0.1, 0.15) is 5.75 Å². The molecule has 0 bridgehead atoms. The largest absolute Gasteiger partial charge is 0.439 e. The van der Waals surface area contributed by atoms with E-state index in [2.05, 4.69) is 21.2 Å². The van der Waals surface area contributed by atoms with E-state index in [1.165, 1.54) is 0 Å². The molecule has 2 aromatic carbocycles. The maximum absolute atomic E-state index is 5.79. The van der Waals surface area contributed by atoms with Gasteiger partial charge < -0.3 is 4.74 Å². The molecule has 0 aliphatic heterocycles. The number of ether oxygens (including phenoxy) is 1. The molecule has 0 aliphatic carbocycles. The van der Waals surface area contributed by atoms with E-state index in [0.29, 0.717) is 5.88 Å². The number of fused-ring (bicyclic) bond motifs is 1. The van der Waals surface area contributed by atoms with E-state index in [1.54, 1.807) is 6.20 Å². The van der Waals surface area contributed by atoms with E-state index >= 15 is 0 Å². The first-order valence-corrected chi connectivity index (χ1v) is 7.02. The zero-order valence-electron chi connectivity index (χ0n) is 11.7. The highest BCUT2D eigenvalue weighted by Gasteiger charge is 2.04. The summed E-state index contributed by atoms with van der Waals surface area (Å²) in [4.78, 5) is 4.58. The Labute approximate surface area is 127 Å². The van der Waals surface area contributed by atoms with Crippen molar-refractivity contribution >= 4 is 10.9 Å². The molecule has 106 valence electrons. The molecule has 0 saturated heterocycles. The fraction of sp³-hybridized carbons (Fsp3) is 0. The standard InChI is InChI=1S/C18H13N3O/c1-2-4-15(5-3-1)22-18-9-8-13-6-7-14(12-17(13)20-18)16-10-11-19-21-16/h1-12H,(H,19,21). The van der Waals surface area contributed by atoms with Crippen molar-refractivity contribution in [3.05, 3.63) is 72.9 Å². The van der Waals surface area contributed by atoms with Gasteiger partial charge in [0.15, 0.2) is 0 Å². The number of para-hydroxylation sites is 1. The highest BCUT2D eigenvalue weighted by Crippen LogP contribution is 2.25. The van der Waals surface area contributed by atoms with Crippen molar-refractivity contribution in [2.45, 2.75) is 0 Å². The second kappa shape index (κ2) is 5.33. The van der Waals surface area contributed by atoms with Crippen LogP contribution in [0, 0.1) is 0 Å². The third-order valence-corrected chi connectivity index (χ3v) is 3.44. The Morgan fingerprint density at radius 2 is 1.73 bits per heavy atom. The van der Waals surface area contributed by atoms with Crippen molar-refractivity contribution in [3.63, 3.8) is 0 Å². The summed E-state index contributed by atoms with van der Waals surface area (Å²) < 4.78 is 5.79. The molecule has 0 fully saturated rings. The van der Waals surface area contributed by atoms with Crippen LogP contribution >= 0.6 is 0 Å². The van der Waals surface area contributed by atoms with Gasteiger partial charge in [-0.05, 0) is 30.3 Å². The van der Waals surface area contributed by atoms with Crippen molar-refractivity contribution < 1.29 is 4.74 Å². The third-order valence-electron chi connectivity index (χ3n) is 3.44. The van der Waals surface area contributed by atoms with Crippen LogP contribution in [0.15, 0.2) is 72.9 Å². The van der Waals surface area contributed by atoms with Gasteiger partial charge in [-0.3, -0.25) is 5.10 Å². The van der Waals surface area contributed by atoms with Crippen molar-refractivity contribution in [1.82, 2.24) is 15.2 Å². The summed E-state index contributed by atoms with van der Waals surface area (Å²) in [5, 5.41) is 8.02. The van der Waals surface area contributed by atoms with Crippen LogP contribution in [-0.4, -0.2) is 15.2 Å². The third kappa shape index (κ3) is 2.42. The number of hydrogen-bond donors (Lipinski definition) is 1. The minimum absolute atomic E-state index is 0.584. The van der Waals surface area contributed by atoms with Gasteiger partial charge in [0.25, 0.3) is 0 Å². The van der Waals surface area contributed by atoms with Crippen molar-refractivity contribution in [2.75, 3.05) is 0 Å². The van der Waals surface area contributed by atoms with Gasteiger partial charge >= 0.3 is 0 Å². The minimum atomic E-state index is 0.584. The fourth-order valence-electron chi connectivity index (χ4n) is 2.35. The number of nitrogens with zero attached hydrogens (tertiary/aromatic N) is 2. The lowest BCUT2D eigenvalue weighted by atomic mass is 10.1. The van der Waals surface area contributed by atoms with Gasteiger partial charge in [0.05, 0.1) is 11.2 Å². The predicted octanol–water partition coefficient (Wildman–Crippen LogP) is 4.42. The lowest BCUT2D eigenvalue weighted by Crippen LogP contribution is -1.89. The topological polar surface area (TPSA) is 50.8 Å². The van der Waals surface area contributed by atoms with Gasteiger partial charge in [-0.1, -0.05) is 30.3 Å². The molecule has 0 radical (unpaired) electrons. The zero-order chi connectivity index (χ0) is 14.8. The molecule has 0 atom stereocenters. The highest BCUT2D eigenvalue weighted by atomic mass is 16.5. The van der Waals surface area contributed by atoms with Crippen molar-refractivity contribution in [3.8, 4) is 22.9 Å². The first-order chi connectivity index (χ1) is 10.9. The molecular weight excluding hydrogens is 274 g/mol. The molecule has 0 amide bonds. The maximum Gasteiger partial charge on any atom is 0.219 e. The zero-order valence-corrected chi connectivity index (χ0v) is 11.7. The van der Waals surface area contributed by atoms with Crippen molar-refractivity contribution in [1.29, 1.82) is 0 Å². The Morgan fingerprint density at radius 1 is 0.864 bits per heavy atom. The number of H-pyrrole nitrogens is 1. The number of hydrogen-bond acceptors (Lipinski definition) is 3. The molecule has 22 heavy (non-hydrogen) atoms. The summed E-state index contributed by atoms with van der Waals surface area (Å²) in [5.41, 5.74) is 2.91. The van der Waals surface area contributed by atoms with Crippen LogP contribution in [0.2, 0.25) is 0 Å². The first-order valence-electron chi connectivity index (χ1n) is 7.02. The second-order valence-corrected chi connectivity index (χ2v) is 4.94. The lowest BCUT2D eigenvalue weighted by molar-refractivity contribution is 0.465. The number of aromatic amines is 1. The average Bonchev–Trinajstić information content (AvgIpc) is 3.10. The SMILES string of the molecule is c1ccc(Oc2ccc3ccc(-c4ccn[nH]4)cc3n2)cc1. The molecule has 0 saturated carbocycles. The summed E-state index contributed by atoms with van der Waals surface area (Å²) in [6.07, 6.45) is 1.74. The average molecular weight is 287 g/mol. The van der Waals surface area contributed by atoms with Gasteiger partial charge in [-0.25, -0.2) is 4.98 Å². The second-order valence-electron chi connectivity index (χ2n) is 4.94. The Hall–Kier alpha value is -3.14. The molecule has 1 N–H and O–H groups in total. The Bertz CT molecular complexity index is 902. The molecule has 4 nitrogen and oxygen atoms in total. The summed E-state index contributed by atoms with van der Waals surface area (Å²) in [5.74, 6) is 1.36. The van der Waals surface area contributed by atoms with Crippen LogP contribution in [0.25, 0.3) is 22.2 Å². The molecule has 0 unspecified atom stereocenters. The monoisotopic (exact) mass is 287 g/mol. The van der Waals surface area contributed by atoms with Gasteiger partial charge in [0.2, 0.25) is 5.88 Å². The molecule has 2 aromatic heterocycles. The van der Waals surface area contributed by atoms with E-state index in [0.717, 1.165) is 27.9 Å². The summed E-state index contributed by atoms with van der Waals surface area (Å²) >= 11 is 0. The quantitative estimate of drug-likeness (QED) is 0.607. The minimum Gasteiger partial charge on any atom is -0.439 e. The van der Waals surface area contributed by atoms with E-state index in [9.17, 15) is 0 Å². The summed E-state index contributed by atoms with van der Waals surface area (Å²) in [7, 11) is 0. The Morgan fingerprint density at radius 3 is 2.55 bits per heavy atom. The van der Waals surface area contributed by atoms with Gasteiger partial charge in [-0.2, -0.15) is 5.10 Å². The number of benzene rings is 2. The normalized spacial score (nSPS) is 10.7. The smallest absolute Gasteiger partial charge is 0.219 e. The van der Waals surface area contributed by atoms with E-state index < -0.39 is 0 Å². The molecule has 4 rings (SSSR count). The maximum atomic E-state index is 5.79. The van der Waals surface area contributed by atoms with Crippen molar-refractivity contribution in [2.24, 2.45) is 0 Å². The highest BCUT2D eigenvalue weighted by molar-refractivity contribution is 5.84. The lowest BCUT2D eigenvalue weighted by Gasteiger charge is -2.06. The molecule has 4 aromatic rings. The number of nitrogens with one attached hydrogen (secondary N) is 1. The summed E-state index contributed by atoms with van der Waals surface area (Å²) in [6.45, 7) is 0. The number of pyridine rings is 1. The molecule has 4 heteroatoms. The molecule has 2 heterocycles. The molecule has 0 aliphatic rings. The van der Waals surface area contributed by atoms with Crippen LogP contribution in [0.5, 0.6) is 11.6 Å². The predicted molar refractivity (Wildman–Crippen MR) is 85.8 cm³/mol. The molecular formula is C18H13N3O. The Kier molecular flexibility index (Phi) is 3.05. The summed E-state index contributed by atoms with van der Waals surface area (Å²) in [6, 6.07) is 21.6. The van der Waals surface area contributed by atoms with E-state index in [4.69, 9.17) is 4.74 Å². The van der Waals surface area contributed by atoms with Crippen LogP contribution < -0.4 is 4.74 Å². The van der Waals surface area contributed by atoms with E-state index in [-0.39, 0.29) is 0 Å². The number of rotatable bonds is 3. The van der Waals surface area contributed by atoms with Crippen LogP contribution in [-0.2, 0) is 0 Å². The van der Waals surface area contributed by atoms with Crippen LogP contribution in [0.1, 0.15) is 0 Å².